The average molecular weight is 534 g/mol. The molecule has 1 amide bonds. The van der Waals surface area contributed by atoms with E-state index in [9.17, 15) is 9.90 Å². The Labute approximate surface area is 236 Å². The molecule has 6 rings (SSSR count). The summed E-state index contributed by atoms with van der Waals surface area (Å²) in [6.07, 6.45) is 0. The maximum absolute atomic E-state index is 14.3. The molecule has 0 saturated heterocycles. The largest absolute Gasteiger partial charge is 0.506 e. The number of amides is 1. The molecular weight excluding hydrogens is 498 g/mol. The van der Waals surface area contributed by atoms with Gasteiger partial charge >= 0.3 is 0 Å². The molecule has 40 heavy (non-hydrogen) atoms. The fourth-order valence-electron chi connectivity index (χ4n) is 6.48. The Morgan fingerprint density at radius 1 is 0.700 bits per heavy atom. The fraction of sp³-hybridized carbons (Fsp3) is 0.265. The number of phenolic OH excluding ortho intramolecular Hbond substituents is 1. The van der Waals surface area contributed by atoms with E-state index in [2.05, 4.69) is 73.9 Å². The number of hydrogen-bond donors (Lipinski definition) is 1. The van der Waals surface area contributed by atoms with Crippen molar-refractivity contribution in [1.29, 1.82) is 0 Å². The summed E-state index contributed by atoms with van der Waals surface area (Å²) in [6, 6.07) is 27.4. The molecule has 6 nitrogen and oxygen atoms in total. The van der Waals surface area contributed by atoms with E-state index in [1.54, 1.807) is 17.0 Å². The highest BCUT2D eigenvalue weighted by Crippen LogP contribution is 2.60. The van der Waals surface area contributed by atoms with Crippen LogP contribution in [0.4, 0.5) is 17.1 Å². The van der Waals surface area contributed by atoms with Crippen molar-refractivity contribution in [2.45, 2.75) is 33.2 Å². The van der Waals surface area contributed by atoms with E-state index in [1.165, 1.54) is 0 Å². The molecular formula is C34H35N3O3. The number of benzene rings is 4. The number of carbonyl (C=O) groups excluding carboxylic acids is 1. The average Bonchev–Trinajstić information content (AvgIpc) is 3.23. The van der Waals surface area contributed by atoms with Crippen molar-refractivity contribution in [2.24, 2.45) is 0 Å². The van der Waals surface area contributed by atoms with Crippen LogP contribution in [-0.4, -0.2) is 37.2 Å². The van der Waals surface area contributed by atoms with Gasteiger partial charge in [0, 0.05) is 71.9 Å². The lowest BCUT2D eigenvalue weighted by Crippen LogP contribution is -2.47. The quantitative estimate of drug-likeness (QED) is 0.274. The van der Waals surface area contributed by atoms with Gasteiger partial charge in [-0.15, -0.1) is 0 Å². The zero-order valence-corrected chi connectivity index (χ0v) is 23.5. The molecule has 2 aliphatic heterocycles. The molecule has 1 spiro atoms. The summed E-state index contributed by atoms with van der Waals surface area (Å²) in [4.78, 5) is 20.7. The van der Waals surface area contributed by atoms with Crippen LogP contribution in [0, 0.1) is 0 Å². The van der Waals surface area contributed by atoms with Crippen LogP contribution in [-0.2, 0) is 5.54 Å². The zero-order chi connectivity index (χ0) is 28.0. The molecule has 0 atom stereocenters. The van der Waals surface area contributed by atoms with Gasteiger partial charge in [-0.2, -0.15) is 0 Å². The van der Waals surface area contributed by atoms with Crippen molar-refractivity contribution < 1.29 is 14.6 Å². The van der Waals surface area contributed by atoms with Gasteiger partial charge in [0.2, 0.25) is 0 Å². The van der Waals surface area contributed by atoms with Gasteiger partial charge in [0.15, 0.2) is 0 Å². The predicted molar refractivity (Wildman–Crippen MR) is 161 cm³/mol. The SMILES string of the molecule is CCN(CC)c1ccc2c(c1)Oc1cc(N(CC)CC)ccc1C21c2ccccc2C(=O)N1c1ccccc1O. The topological polar surface area (TPSA) is 56.2 Å². The minimum Gasteiger partial charge on any atom is -0.506 e. The van der Waals surface area contributed by atoms with Crippen LogP contribution in [0.3, 0.4) is 0 Å². The molecule has 2 heterocycles. The number of carbonyl (C=O) groups is 1. The van der Waals surface area contributed by atoms with Crippen molar-refractivity contribution in [3.05, 3.63) is 107 Å². The number of ether oxygens (including phenoxy) is 1. The second kappa shape index (κ2) is 9.94. The Morgan fingerprint density at radius 2 is 1.23 bits per heavy atom. The highest BCUT2D eigenvalue weighted by Gasteiger charge is 2.57. The Hall–Kier alpha value is -4.45. The molecule has 0 saturated carbocycles. The molecule has 204 valence electrons. The lowest BCUT2D eigenvalue weighted by atomic mass is 9.74. The number of fused-ring (bicyclic) bond motifs is 6. The summed E-state index contributed by atoms with van der Waals surface area (Å²) in [5, 5.41) is 11.1. The first-order chi connectivity index (χ1) is 19.5. The second-order valence-electron chi connectivity index (χ2n) is 10.2. The summed E-state index contributed by atoms with van der Waals surface area (Å²) >= 11 is 0. The molecule has 6 heteroatoms. The smallest absolute Gasteiger partial charge is 0.260 e. The van der Waals surface area contributed by atoms with Crippen LogP contribution in [0.25, 0.3) is 0 Å². The van der Waals surface area contributed by atoms with Crippen LogP contribution >= 0.6 is 0 Å². The van der Waals surface area contributed by atoms with Crippen molar-refractivity contribution in [2.75, 3.05) is 40.9 Å². The lowest BCUT2D eigenvalue weighted by molar-refractivity contribution is 0.0985. The van der Waals surface area contributed by atoms with Crippen molar-refractivity contribution >= 4 is 23.0 Å². The molecule has 2 aliphatic rings. The molecule has 4 aromatic rings. The minimum absolute atomic E-state index is 0.0529. The Kier molecular flexibility index (Phi) is 6.41. The monoisotopic (exact) mass is 533 g/mol. The van der Waals surface area contributed by atoms with E-state index in [0.717, 1.165) is 54.2 Å². The molecule has 0 aromatic heterocycles. The fourth-order valence-corrected chi connectivity index (χ4v) is 6.48. The summed E-state index contributed by atoms with van der Waals surface area (Å²) in [5.74, 6) is 1.31. The van der Waals surface area contributed by atoms with Crippen LogP contribution in [0.1, 0.15) is 54.7 Å². The van der Waals surface area contributed by atoms with E-state index in [0.29, 0.717) is 22.7 Å². The molecule has 0 aliphatic carbocycles. The normalized spacial score (nSPS) is 14.4. The Morgan fingerprint density at radius 3 is 1.77 bits per heavy atom. The van der Waals surface area contributed by atoms with Crippen molar-refractivity contribution in [3.63, 3.8) is 0 Å². The molecule has 4 aromatic carbocycles. The Bertz CT molecular complexity index is 1530. The number of nitrogens with zero attached hydrogens (tertiary/aromatic N) is 3. The number of anilines is 3. The van der Waals surface area contributed by atoms with Gasteiger partial charge in [0.25, 0.3) is 5.91 Å². The van der Waals surface area contributed by atoms with Gasteiger partial charge in [-0.25, -0.2) is 0 Å². The van der Waals surface area contributed by atoms with E-state index in [1.807, 2.05) is 36.4 Å². The summed E-state index contributed by atoms with van der Waals surface area (Å²) in [7, 11) is 0. The number of aromatic hydroxyl groups is 1. The first kappa shape index (κ1) is 25.8. The molecule has 1 N–H and O–H groups in total. The molecule has 0 fully saturated rings. The third-order valence-electron chi connectivity index (χ3n) is 8.40. The predicted octanol–water partition coefficient (Wildman–Crippen LogP) is 7.14. The molecule has 0 unspecified atom stereocenters. The first-order valence-electron chi connectivity index (χ1n) is 14.2. The highest BCUT2D eigenvalue weighted by atomic mass is 16.5. The third kappa shape index (κ3) is 3.59. The van der Waals surface area contributed by atoms with Crippen LogP contribution in [0.15, 0.2) is 84.9 Å². The van der Waals surface area contributed by atoms with Crippen LogP contribution in [0.5, 0.6) is 17.2 Å². The van der Waals surface area contributed by atoms with Gasteiger partial charge in [0.1, 0.15) is 22.8 Å². The summed E-state index contributed by atoms with van der Waals surface area (Å²) in [5.41, 5.74) is 4.79. The van der Waals surface area contributed by atoms with Crippen LogP contribution in [0.2, 0.25) is 0 Å². The second-order valence-corrected chi connectivity index (χ2v) is 10.2. The standard InChI is InChI=1S/C34H35N3O3/c1-5-35(6-2)23-17-19-27-31(21-23)40-32-22-24(36(7-3)8-4)18-20-28(32)34(27)26-14-10-9-13-25(26)33(39)37(34)29-15-11-12-16-30(29)38/h9-22,38H,5-8H2,1-4H3. The number of para-hydroxylation sites is 2. The number of phenols is 1. The third-order valence-corrected chi connectivity index (χ3v) is 8.40. The maximum atomic E-state index is 14.3. The molecule has 0 radical (unpaired) electrons. The number of rotatable bonds is 7. The minimum atomic E-state index is -1.03. The first-order valence-corrected chi connectivity index (χ1v) is 14.2. The van der Waals surface area contributed by atoms with Gasteiger partial charge in [-0.05, 0) is 58.0 Å². The van der Waals surface area contributed by atoms with E-state index >= 15 is 0 Å². The number of hydrogen-bond acceptors (Lipinski definition) is 5. The highest BCUT2D eigenvalue weighted by molar-refractivity contribution is 6.15. The van der Waals surface area contributed by atoms with Gasteiger partial charge in [-0.1, -0.05) is 42.5 Å². The Balaban J connectivity index is 1.71. The summed E-state index contributed by atoms with van der Waals surface area (Å²) < 4.78 is 6.73. The van der Waals surface area contributed by atoms with Crippen molar-refractivity contribution in [3.8, 4) is 17.2 Å². The zero-order valence-electron chi connectivity index (χ0n) is 23.5. The van der Waals surface area contributed by atoms with Crippen molar-refractivity contribution in [1.82, 2.24) is 0 Å². The maximum Gasteiger partial charge on any atom is 0.260 e. The van der Waals surface area contributed by atoms with Gasteiger partial charge < -0.3 is 19.6 Å². The van der Waals surface area contributed by atoms with E-state index in [4.69, 9.17) is 4.74 Å². The van der Waals surface area contributed by atoms with E-state index in [-0.39, 0.29) is 11.7 Å². The molecule has 0 bridgehead atoms. The van der Waals surface area contributed by atoms with E-state index < -0.39 is 5.54 Å². The van der Waals surface area contributed by atoms with Gasteiger partial charge in [0.05, 0.1) is 5.69 Å². The van der Waals surface area contributed by atoms with Crippen LogP contribution < -0.4 is 19.4 Å². The summed E-state index contributed by atoms with van der Waals surface area (Å²) in [6.45, 7) is 12.0. The van der Waals surface area contributed by atoms with Gasteiger partial charge in [-0.3, -0.25) is 9.69 Å². The lowest BCUT2D eigenvalue weighted by Gasteiger charge is -2.44.